The summed E-state index contributed by atoms with van der Waals surface area (Å²) in [5, 5.41) is 2.87. The van der Waals surface area contributed by atoms with E-state index in [4.69, 9.17) is 5.73 Å². The normalized spacial score (nSPS) is 11.5. The Kier molecular flexibility index (Phi) is 5.50. The lowest BCUT2D eigenvalue weighted by Gasteiger charge is -2.28. The molecular formula is C17H23FN4O. The number of hydrogen-bond acceptors (Lipinski definition) is 3. The number of nitrogens with zero attached hydrogens (tertiary/aromatic N) is 2. The fraction of sp³-hybridized carbons (Fsp3) is 0.412. The minimum atomic E-state index is -0.546. The number of benzene rings is 1. The molecule has 1 heterocycles. The second-order valence-electron chi connectivity index (χ2n) is 5.63. The number of carbonyl (C=O) groups excluding carboxylic acids is 1. The number of nitrogens with one attached hydrogen (secondary N) is 1. The molecule has 2 aromatic rings. The average molecular weight is 318 g/mol. The summed E-state index contributed by atoms with van der Waals surface area (Å²) in [6.07, 6.45) is 6.17. The highest BCUT2D eigenvalue weighted by atomic mass is 19.1. The lowest BCUT2D eigenvalue weighted by Crippen LogP contribution is -2.45. The fourth-order valence-electron chi connectivity index (χ4n) is 2.59. The van der Waals surface area contributed by atoms with E-state index in [1.165, 1.54) is 12.4 Å². The van der Waals surface area contributed by atoms with Gasteiger partial charge >= 0.3 is 0 Å². The highest BCUT2D eigenvalue weighted by Gasteiger charge is 2.32. The van der Waals surface area contributed by atoms with Crippen molar-refractivity contribution >= 4 is 5.91 Å². The predicted octanol–water partition coefficient (Wildman–Crippen LogP) is 2.39. The molecule has 0 fully saturated rings. The van der Waals surface area contributed by atoms with Crippen molar-refractivity contribution in [2.45, 2.75) is 33.2 Å². The maximum absolute atomic E-state index is 14.2. The van der Waals surface area contributed by atoms with Crippen molar-refractivity contribution < 1.29 is 9.18 Å². The third-order valence-electron chi connectivity index (χ3n) is 4.47. The Bertz CT molecular complexity index is 642. The zero-order chi connectivity index (χ0) is 16.9. The molecule has 5 nitrogen and oxygen atoms in total. The van der Waals surface area contributed by atoms with Crippen LogP contribution in [0.25, 0.3) is 5.69 Å². The van der Waals surface area contributed by atoms with Crippen LogP contribution in [0, 0.1) is 11.2 Å². The summed E-state index contributed by atoms with van der Waals surface area (Å²) in [6.45, 7) is 4.49. The number of nitrogens with two attached hydrogens (primary N) is 1. The van der Waals surface area contributed by atoms with Crippen LogP contribution < -0.4 is 11.1 Å². The molecule has 0 bridgehead atoms. The van der Waals surface area contributed by atoms with Crippen molar-refractivity contribution in [1.29, 1.82) is 0 Å². The molecule has 23 heavy (non-hydrogen) atoms. The Morgan fingerprint density at radius 3 is 2.65 bits per heavy atom. The number of aromatic nitrogens is 2. The lowest BCUT2D eigenvalue weighted by molar-refractivity contribution is -0.131. The maximum Gasteiger partial charge on any atom is 0.227 e. The number of amides is 1. The van der Waals surface area contributed by atoms with E-state index in [9.17, 15) is 9.18 Å². The van der Waals surface area contributed by atoms with E-state index in [2.05, 4.69) is 10.3 Å². The van der Waals surface area contributed by atoms with Crippen molar-refractivity contribution in [2.75, 3.05) is 6.54 Å². The number of hydrogen-bond donors (Lipinski definition) is 2. The number of imidazole rings is 1. The summed E-state index contributed by atoms with van der Waals surface area (Å²) >= 11 is 0. The molecule has 3 N–H and O–H groups in total. The fourth-order valence-corrected chi connectivity index (χ4v) is 2.59. The summed E-state index contributed by atoms with van der Waals surface area (Å²) in [5.41, 5.74) is 6.35. The van der Waals surface area contributed by atoms with Gasteiger partial charge in [0.15, 0.2) is 0 Å². The first kappa shape index (κ1) is 17.1. The van der Waals surface area contributed by atoms with E-state index < -0.39 is 5.41 Å². The molecule has 0 radical (unpaired) electrons. The van der Waals surface area contributed by atoms with Crippen LogP contribution in [0.3, 0.4) is 0 Å². The van der Waals surface area contributed by atoms with Gasteiger partial charge in [-0.3, -0.25) is 4.79 Å². The zero-order valence-electron chi connectivity index (χ0n) is 13.6. The van der Waals surface area contributed by atoms with Crippen LogP contribution in [0.2, 0.25) is 0 Å². The van der Waals surface area contributed by atoms with E-state index in [1.807, 2.05) is 13.8 Å². The first-order chi connectivity index (χ1) is 11.1. The van der Waals surface area contributed by atoms with Gasteiger partial charge in [0, 0.05) is 25.5 Å². The molecule has 0 aliphatic heterocycles. The minimum absolute atomic E-state index is 0.0795. The molecule has 1 aromatic heterocycles. The van der Waals surface area contributed by atoms with Crippen molar-refractivity contribution in [3.05, 3.63) is 48.3 Å². The van der Waals surface area contributed by atoms with Gasteiger partial charge in [-0.2, -0.15) is 0 Å². The van der Waals surface area contributed by atoms with Gasteiger partial charge in [0.2, 0.25) is 5.91 Å². The van der Waals surface area contributed by atoms with E-state index in [0.717, 1.165) is 0 Å². The molecule has 1 amide bonds. The summed E-state index contributed by atoms with van der Waals surface area (Å²) in [6, 6.07) is 4.90. The van der Waals surface area contributed by atoms with Crippen LogP contribution in [0.15, 0.2) is 36.9 Å². The molecule has 2 rings (SSSR count). The largest absolute Gasteiger partial charge is 0.352 e. The van der Waals surface area contributed by atoms with Crippen LogP contribution in [-0.2, 0) is 11.3 Å². The maximum atomic E-state index is 14.2. The topological polar surface area (TPSA) is 72.9 Å². The number of halogens is 1. The van der Waals surface area contributed by atoms with Gasteiger partial charge in [-0.15, -0.1) is 0 Å². The van der Waals surface area contributed by atoms with Crippen molar-refractivity contribution in [2.24, 2.45) is 11.1 Å². The molecule has 1 aromatic carbocycles. The predicted molar refractivity (Wildman–Crippen MR) is 87.4 cm³/mol. The summed E-state index contributed by atoms with van der Waals surface area (Å²) in [5.74, 6) is -0.435. The zero-order valence-corrected chi connectivity index (χ0v) is 13.6. The number of carbonyl (C=O) groups is 1. The average Bonchev–Trinajstić information content (AvgIpc) is 3.09. The first-order valence-electron chi connectivity index (χ1n) is 7.81. The molecule has 0 unspecified atom stereocenters. The van der Waals surface area contributed by atoms with E-state index in [0.29, 0.717) is 30.6 Å². The summed E-state index contributed by atoms with van der Waals surface area (Å²) in [4.78, 5) is 16.3. The highest BCUT2D eigenvalue weighted by molar-refractivity contribution is 5.82. The minimum Gasteiger partial charge on any atom is -0.352 e. The third-order valence-corrected chi connectivity index (χ3v) is 4.47. The van der Waals surface area contributed by atoms with Crippen molar-refractivity contribution in [1.82, 2.24) is 14.9 Å². The van der Waals surface area contributed by atoms with Crippen LogP contribution in [0.4, 0.5) is 4.39 Å². The summed E-state index contributed by atoms with van der Waals surface area (Å²) in [7, 11) is 0. The third kappa shape index (κ3) is 3.59. The van der Waals surface area contributed by atoms with Gasteiger partial charge in [-0.05, 0) is 30.5 Å². The second-order valence-corrected chi connectivity index (χ2v) is 5.63. The van der Waals surface area contributed by atoms with Crippen LogP contribution in [-0.4, -0.2) is 22.0 Å². The van der Waals surface area contributed by atoms with Gasteiger partial charge in [0.05, 0.1) is 17.4 Å². The SMILES string of the molecule is CCC(CC)(CN)C(=O)NCc1ccc(-n2ccnc2)c(F)c1. The summed E-state index contributed by atoms with van der Waals surface area (Å²) < 4.78 is 15.8. The number of rotatable bonds is 7. The van der Waals surface area contributed by atoms with Crippen LogP contribution >= 0.6 is 0 Å². The molecule has 0 atom stereocenters. The lowest BCUT2D eigenvalue weighted by atomic mass is 9.81. The molecule has 6 heteroatoms. The monoisotopic (exact) mass is 318 g/mol. The van der Waals surface area contributed by atoms with Gasteiger partial charge in [0.1, 0.15) is 5.82 Å². The molecule has 124 valence electrons. The molecule has 0 aliphatic rings. The van der Waals surface area contributed by atoms with Crippen molar-refractivity contribution in [3.8, 4) is 5.69 Å². The van der Waals surface area contributed by atoms with Crippen LogP contribution in [0.5, 0.6) is 0 Å². The van der Waals surface area contributed by atoms with Gasteiger partial charge < -0.3 is 15.6 Å². The van der Waals surface area contributed by atoms with E-state index >= 15 is 0 Å². The van der Waals surface area contributed by atoms with E-state index in [1.54, 1.807) is 29.1 Å². The van der Waals surface area contributed by atoms with Crippen molar-refractivity contribution in [3.63, 3.8) is 0 Å². The molecule has 0 saturated heterocycles. The molecule has 0 spiro atoms. The standard InChI is InChI=1S/C17H23FN4O/c1-3-17(4-2,11-19)16(23)21-10-13-5-6-15(14(18)9-13)22-8-7-20-12-22/h5-9,12H,3-4,10-11,19H2,1-2H3,(H,21,23). The first-order valence-corrected chi connectivity index (χ1v) is 7.81. The second kappa shape index (κ2) is 7.37. The Labute approximate surface area is 135 Å². The highest BCUT2D eigenvalue weighted by Crippen LogP contribution is 2.25. The van der Waals surface area contributed by atoms with Gasteiger partial charge in [-0.25, -0.2) is 9.37 Å². The molecular weight excluding hydrogens is 295 g/mol. The smallest absolute Gasteiger partial charge is 0.227 e. The molecule has 0 aliphatic carbocycles. The van der Waals surface area contributed by atoms with Gasteiger partial charge in [-0.1, -0.05) is 19.9 Å². The molecule has 0 saturated carbocycles. The Morgan fingerprint density at radius 2 is 2.13 bits per heavy atom. The Morgan fingerprint density at radius 1 is 1.39 bits per heavy atom. The van der Waals surface area contributed by atoms with Crippen LogP contribution in [0.1, 0.15) is 32.3 Å². The quantitative estimate of drug-likeness (QED) is 0.823. The van der Waals surface area contributed by atoms with E-state index in [-0.39, 0.29) is 18.3 Å². The Balaban J connectivity index is 2.07. The van der Waals surface area contributed by atoms with Gasteiger partial charge in [0.25, 0.3) is 0 Å². The Hall–Kier alpha value is -2.21.